The van der Waals surface area contributed by atoms with Crippen LogP contribution in [0, 0.1) is 11.8 Å². The van der Waals surface area contributed by atoms with Gasteiger partial charge in [0, 0.05) is 44.2 Å². The Bertz CT molecular complexity index is 1170. The van der Waals surface area contributed by atoms with Gasteiger partial charge in [-0.25, -0.2) is 9.18 Å². The molecule has 1 unspecified atom stereocenters. The monoisotopic (exact) mass is 513 g/mol. The van der Waals surface area contributed by atoms with Crippen LogP contribution < -0.4 is 10.2 Å². The summed E-state index contributed by atoms with van der Waals surface area (Å²) in [6.07, 6.45) is 2.97. The number of anilines is 1. The Morgan fingerprint density at radius 3 is 2.65 bits per heavy atom. The number of benzene rings is 1. The standard InChI is InChI=1S/C27H36FN5O4/c1-3-37-27(36)33-13-10-18(22(28)16-33)14-17-8-11-32(12-9-17)19-4-5-20-23(15-19)31(2)30-25(20)21-6-7-24(34)29-26(21)35/h4-5,15,17-18,21-22H,3,6-14,16H2,1-2H3,(H,29,34,35)/t18-,21?,22+/m1/s1. The molecule has 37 heavy (non-hydrogen) atoms. The van der Waals surface area contributed by atoms with Crippen LogP contribution in [0.5, 0.6) is 0 Å². The molecule has 0 saturated carbocycles. The molecule has 1 aromatic carbocycles. The number of nitrogens with zero attached hydrogens (tertiary/aromatic N) is 4. The van der Waals surface area contributed by atoms with Crippen LogP contribution in [-0.4, -0.2) is 71.5 Å². The zero-order valence-corrected chi connectivity index (χ0v) is 21.6. The maximum Gasteiger partial charge on any atom is 0.409 e. The zero-order chi connectivity index (χ0) is 26.1. The molecule has 0 aliphatic carbocycles. The minimum Gasteiger partial charge on any atom is -0.450 e. The van der Waals surface area contributed by atoms with E-state index in [1.807, 2.05) is 17.8 Å². The highest BCUT2D eigenvalue weighted by atomic mass is 19.1. The first-order valence-corrected chi connectivity index (χ1v) is 13.4. The SMILES string of the molecule is CCOC(=O)N1CC[C@H](CC2CCN(c3ccc4c(C5CCC(=O)NC5=O)nn(C)c4c3)CC2)[C@@H](F)C1. The van der Waals surface area contributed by atoms with E-state index in [4.69, 9.17) is 4.74 Å². The first-order chi connectivity index (χ1) is 17.8. The lowest BCUT2D eigenvalue weighted by molar-refractivity contribution is -0.134. The average molecular weight is 514 g/mol. The fourth-order valence-corrected chi connectivity index (χ4v) is 6.14. The molecule has 3 aliphatic rings. The van der Waals surface area contributed by atoms with Crippen LogP contribution >= 0.6 is 0 Å². The van der Waals surface area contributed by atoms with Crippen molar-refractivity contribution in [2.45, 2.75) is 57.5 Å². The number of carbonyl (C=O) groups excluding carboxylic acids is 3. The van der Waals surface area contributed by atoms with E-state index < -0.39 is 18.2 Å². The van der Waals surface area contributed by atoms with Gasteiger partial charge in [0.25, 0.3) is 0 Å². The lowest BCUT2D eigenvalue weighted by Gasteiger charge is -2.38. The summed E-state index contributed by atoms with van der Waals surface area (Å²) in [5.74, 6) is -0.431. The highest BCUT2D eigenvalue weighted by molar-refractivity contribution is 6.02. The quantitative estimate of drug-likeness (QED) is 0.615. The van der Waals surface area contributed by atoms with Crippen molar-refractivity contribution in [1.82, 2.24) is 20.0 Å². The summed E-state index contributed by atoms with van der Waals surface area (Å²) >= 11 is 0. The lowest BCUT2D eigenvalue weighted by Crippen LogP contribution is -2.46. The molecule has 1 N–H and O–H groups in total. The predicted octanol–water partition coefficient (Wildman–Crippen LogP) is 3.52. The molecule has 3 fully saturated rings. The van der Waals surface area contributed by atoms with E-state index in [0.29, 0.717) is 38.3 Å². The van der Waals surface area contributed by atoms with E-state index in [-0.39, 0.29) is 24.3 Å². The number of hydrogen-bond donors (Lipinski definition) is 1. The van der Waals surface area contributed by atoms with Crippen LogP contribution in [0.15, 0.2) is 18.2 Å². The summed E-state index contributed by atoms with van der Waals surface area (Å²) in [4.78, 5) is 39.7. The molecule has 0 radical (unpaired) electrons. The van der Waals surface area contributed by atoms with E-state index >= 15 is 0 Å². The molecular weight excluding hydrogens is 477 g/mol. The first-order valence-electron chi connectivity index (χ1n) is 13.4. The Hall–Kier alpha value is -3.17. The number of imide groups is 1. The van der Waals surface area contributed by atoms with Gasteiger partial charge in [0.1, 0.15) is 6.17 Å². The van der Waals surface area contributed by atoms with E-state index in [1.54, 1.807) is 6.92 Å². The largest absolute Gasteiger partial charge is 0.450 e. The molecule has 3 atom stereocenters. The third-order valence-electron chi connectivity index (χ3n) is 8.25. The van der Waals surface area contributed by atoms with Crippen LogP contribution in [-0.2, 0) is 21.4 Å². The van der Waals surface area contributed by atoms with Crippen LogP contribution in [0.25, 0.3) is 10.9 Å². The van der Waals surface area contributed by atoms with Gasteiger partial charge in [-0.05, 0) is 69.1 Å². The number of ether oxygens (including phenoxy) is 1. The van der Waals surface area contributed by atoms with Crippen molar-refractivity contribution in [2.24, 2.45) is 18.9 Å². The Labute approximate surface area is 216 Å². The van der Waals surface area contributed by atoms with Gasteiger partial charge in [-0.15, -0.1) is 0 Å². The van der Waals surface area contributed by atoms with E-state index in [1.165, 1.54) is 4.90 Å². The highest BCUT2D eigenvalue weighted by Crippen LogP contribution is 2.35. The third-order valence-corrected chi connectivity index (χ3v) is 8.25. The number of amides is 3. The average Bonchev–Trinajstić information content (AvgIpc) is 3.21. The normalized spacial score (nSPS) is 25.4. The minimum atomic E-state index is -0.998. The highest BCUT2D eigenvalue weighted by Gasteiger charge is 2.35. The van der Waals surface area contributed by atoms with Crippen LogP contribution in [0.3, 0.4) is 0 Å². The van der Waals surface area contributed by atoms with Crippen molar-refractivity contribution < 1.29 is 23.5 Å². The van der Waals surface area contributed by atoms with Crippen LogP contribution in [0.1, 0.15) is 57.1 Å². The van der Waals surface area contributed by atoms with Gasteiger partial charge in [-0.2, -0.15) is 5.10 Å². The summed E-state index contributed by atoms with van der Waals surface area (Å²) in [6, 6.07) is 6.25. The number of rotatable bonds is 5. The van der Waals surface area contributed by atoms with Crippen molar-refractivity contribution in [1.29, 1.82) is 0 Å². The Balaban J connectivity index is 1.18. The van der Waals surface area contributed by atoms with Gasteiger partial charge in [-0.1, -0.05) is 0 Å². The molecule has 200 valence electrons. The number of halogens is 1. The number of piperidine rings is 3. The second-order valence-electron chi connectivity index (χ2n) is 10.6. The van der Waals surface area contributed by atoms with Crippen molar-refractivity contribution in [3.05, 3.63) is 23.9 Å². The minimum absolute atomic E-state index is 0.00118. The number of fused-ring (bicyclic) bond motifs is 1. The molecule has 5 rings (SSSR count). The number of alkyl halides is 1. The van der Waals surface area contributed by atoms with Crippen molar-refractivity contribution >= 4 is 34.5 Å². The molecular formula is C27H36FN5O4. The molecule has 3 amide bonds. The molecule has 2 aromatic rings. The van der Waals surface area contributed by atoms with Crippen LogP contribution in [0.2, 0.25) is 0 Å². The molecule has 4 heterocycles. The Morgan fingerprint density at radius 1 is 1.16 bits per heavy atom. The number of hydrogen-bond acceptors (Lipinski definition) is 6. The first kappa shape index (κ1) is 25.5. The second-order valence-corrected chi connectivity index (χ2v) is 10.6. The van der Waals surface area contributed by atoms with Crippen LogP contribution in [0.4, 0.5) is 14.9 Å². The molecule has 0 spiro atoms. The molecule has 3 aliphatic heterocycles. The van der Waals surface area contributed by atoms with Gasteiger partial charge >= 0.3 is 6.09 Å². The number of nitrogens with one attached hydrogen (secondary N) is 1. The lowest BCUT2D eigenvalue weighted by atomic mass is 9.82. The summed E-state index contributed by atoms with van der Waals surface area (Å²) in [5.41, 5.74) is 2.81. The molecule has 0 bridgehead atoms. The van der Waals surface area contributed by atoms with E-state index in [0.717, 1.165) is 54.6 Å². The fraction of sp³-hybridized carbons (Fsp3) is 0.630. The third kappa shape index (κ3) is 5.29. The number of carbonyl (C=O) groups is 3. The van der Waals surface area contributed by atoms with Crippen molar-refractivity contribution in [3.63, 3.8) is 0 Å². The van der Waals surface area contributed by atoms with E-state index in [2.05, 4.69) is 27.4 Å². The Kier molecular flexibility index (Phi) is 7.35. The van der Waals surface area contributed by atoms with E-state index in [9.17, 15) is 18.8 Å². The summed E-state index contributed by atoms with van der Waals surface area (Å²) in [5, 5.41) is 8.02. The molecule has 1 aromatic heterocycles. The summed E-state index contributed by atoms with van der Waals surface area (Å²) < 4.78 is 21.7. The van der Waals surface area contributed by atoms with Crippen molar-refractivity contribution in [2.75, 3.05) is 37.7 Å². The molecule has 3 saturated heterocycles. The molecule has 10 heteroatoms. The second kappa shape index (κ2) is 10.7. The smallest absolute Gasteiger partial charge is 0.409 e. The topological polar surface area (TPSA) is 96.8 Å². The predicted molar refractivity (Wildman–Crippen MR) is 137 cm³/mol. The van der Waals surface area contributed by atoms with Gasteiger partial charge in [0.15, 0.2) is 0 Å². The van der Waals surface area contributed by atoms with Gasteiger partial charge in [-0.3, -0.25) is 19.6 Å². The van der Waals surface area contributed by atoms with Crippen molar-refractivity contribution in [3.8, 4) is 0 Å². The van der Waals surface area contributed by atoms with Gasteiger partial charge < -0.3 is 14.5 Å². The number of likely N-dealkylation sites (tertiary alicyclic amines) is 1. The zero-order valence-electron chi connectivity index (χ0n) is 21.6. The van der Waals surface area contributed by atoms with Gasteiger partial charge in [0.05, 0.1) is 30.3 Å². The fourth-order valence-electron chi connectivity index (χ4n) is 6.14. The number of aromatic nitrogens is 2. The maximum atomic E-state index is 14.9. The summed E-state index contributed by atoms with van der Waals surface area (Å²) in [7, 11) is 1.88. The Morgan fingerprint density at radius 2 is 1.95 bits per heavy atom. The van der Waals surface area contributed by atoms with Gasteiger partial charge in [0.2, 0.25) is 11.8 Å². The number of aryl methyl sites for hydroxylation is 1. The molecule has 9 nitrogen and oxygen atoms in total. The summed E-state index contributed by atoms with van der Waals surface area (Å²) in [6.45, 7) is 4.59. The maximum absolute atomic E-state index is 14.9.